The van der Waals surface area contributed by atoms with Gasteiger partial charge in [-0.2, -0.15) is 0 Å². The van der Waals surface area contributed by atoms with E-state index in [1.807, 2.05) is 28.0 Å². The van der Waals surface area contributed by atoms with Crippen LogP contribution in [0, 0.1) is 5.92 Å². The number of aryl methyl sites for hydroxylation is 1. The molecule has 0 aliphatic carbocycles. The molecule has 1 aromatic carbocycles. The van der Waals surface area contributed by atoms with E-state index in [1.165, 1.54) is 18.4 Å². The van der Waals surface area contributed by atoms with E-state index in [2.05, 4.69) is 13.0 Å². The summed E-state index contributed by atoms with van der Waals surface area (Å²) >= 11 is 0. The van der Waals surface area contributed by atoms with Gasteiger partial charge in [-0.15, -0.1) is 0 Å². The highest BCUT2D eigenvalue weighted by molar-refractivity contribution is 6.00. The summed E-state index contributed by atoms with van der Waals surface area (Å²) in [5, 5.41) is 0. The van der Waals surface area contributed by atoms with Gasteiger partial charge in [0.2, 0.25) is 11.8 Å². The molecule has 2 amide bonds. The van der Waals surface area contributed by atoms with Crippen molar-refractivity contribution in [3.63, 3.8) is 0 Å². The first-order valence-corrected chi connectivity index (χ1v) is 8.87. The summed E-state index contributed by atoms with van der Waals surface area (Å²) in [4.78, 5) is 29.0. The molecule has 0 aromatic heterocycles. The summed E-state index contributed by atoms with van der Waals surface area (Å²) in [5.41, 5.74) is 2.15. The van der Waals surface area contributed by atoms with Gasteiger partial charge in [-0.05, 0) is 30.9 Å². The first-order chi connectivity index (χ1) is 11.2. The Hall–Kier alpha value is -1.84. The summed E-state index contributed by atoms with van der Waals surface area (Å²) in [6, 6.07) is 8.02. The van der Waals surface area contributed by atoms with Crippen LogP contribution in [0.1, 0.15) is 44.6 Å². The third-order valence-electron chi connectivity index (χ3n) is 5.06. The van der Waals surface area contributed by atoms with Crippen molar-refractivity contribution in [1.82, 2.24) is 4.90 Å². The van der Waals surface area contributed by atoms with Crippen molar-refractivity contribution in [3.05, 3.63) is 29.8 Å². The van der Waals surface area contributed by atoms with Crippen LogP contribution in [0.25, 0.3) is 0 Å². The normalized spacial score (nSPS) is 22.3. The quantitative estimate of drug-likeness (QED) is 0.860. The summed E-state index contributed by atoms with van der Waals surface area (Å²) < 4.78 is 0. The van der Waals surface area contributed by atoms with E-state index in [-0.39, 0.29) is 17.7 Å². The lowest BCUT2D eigenvalue weighted by atomic mass is 10.1. The van der Waals surface area contributed by atoms with Crippen LogP contribution in [-0.2, 0) is 16.0 Å². The summed E-state index contributed by atoms with van der Waals surface area (Å²) in [6.45, 7) is 4.34. The van der Waals surface area contributed by atoms with Crippen molar-refractivity contribution in [1.29, 1.82) is 0 Å². The van der Waals surface area contributed by atoms with Crippen LogP contribution in [-0.4, -0.2) is 36.3 Å². The third-order valence-corrected chi connectivity index (χ3v) is 5.06. The molecule has 0 bridgehead atoms. The molecular formula is C19H26N2O2. The van der Waals surface area contributed by atoms with Crippen molar-refractivity contribution in [2.75, 3.05) is 24.5 Å². The SMILES string of the molecule is CCc1ccccc1N1CC(C(=O)N2CCCCCC2)CC1=O. The highest BCUT2D eigenvalue weighted by atomic mass is 16.2. The second-order valence-corrected chi connectivity index (χ2v) is 6.63. The number of rotatable bonds is 3. The molecule has 2 fully saturated rings. The van der Waals surface area contributed by atoms with Gasteiger partial charge in [0.1, 0.15) is 0 Å². The molecule has 3 rings (SSSR count). The minimum atomic E-state index is -0.175. The smallest absolute Gasteiger partial charge is 0.228 e. The summed E-state index contributed by atoms with van der Waals surface area (Å²) in [7, 11) is 0. The molecule has 1 unspecified atom stereocenters. The first kappa shape index (κ1) is 16.0. The second-order valence-electron chi connectivity index (χ2n) is 6.63. The predicted molar refractivity (Wildman–Crippen MR) is 91.3 cm³/mol. The third kappa shape index (κ3) is 3.41. The van der Waals surface area contributed by atoms with E-state index >= 15 is 0 Å². The molecule has 0 spiro atoms. The van der Waals surface area contributed by atoms with Crippen LogP contribution in [0.15, 0.2) is 24.3 Å². The van der Waals surface area contributed by atoms with Gasteiger partial charge in [-0.25, -0.2) is 0 Å². The maximum absolute atomic E-state index is 12.8. The molecule has 124 valence electrons. The second kappa shape index (κ2) is 7.16. The lowest BCUT2D eigenvalue weighted by Crippen LogP contribution is -2.38. The van der Waals surface area contributed by atoms with Crippen molar-refractivity contribution >= 4 is 17.5 Å². The fourth-order valence-corrected chi connectivity index (χ4v) is 3.73. The molecule has 4 nitrogen and oxygen atoms in total. The predicted octanol–water partition coefficient (Wildman–Crippen LogP) is 3.00. The number of likely N-dealkylation sites (tertiary alicyclic amines) is 1. The van der Waals surface area contributed by atoms with Gasteiger partial charge >= 0.3 is 0 Å². The number of amides is 2. The maximum Gasteiger partial charge on any atom is 0.228 e. The fraction of sp³-hybridized carbons (Fsp3) is 0.579. The van der Waals surface area contributed by atoms with Crippen LogP contribution >= 0.6 is 0 Å². The number of benzene rings is 1. The van der Waals surface area contributed by atoms with Gasteiger partial charge in [0.15, 0.2) is 0 Å². The number of anilines is 1. The van der Waals surface area contributed by atoms with Gasteiger partial charge in [0, 0.05) is 31.7 Å². The van der Waals surface area contributed by atoms with Gasteiger partial charge in [0.25, 0.3) is 0 Å². The van der Waals surface area contributed by atoms with Gasteiger partial charge in [-0.3, -0.25) is 9.59 Å². The monoisotopic (exact) mass is 314 g/mol. The van der Waals surface area contributed by atoms with Crippen LogP contribution in [0.3, 0.4) is 0 Å². The highest BCUT2D eigenvalue weighted by Gasteiger charge is 2.37. The fourth-order valence-electron chi connectivity index (χ4n) is 3.73. The van der Waals surface area contributed by atoms with Crippen molar-refractivity contribution in [3.8, 4) is 0 Å². The minimum Gasteiger partial charge on any atom is -0.342 e. The Morgan fingerprint density at radius 1 is 1.13 bits per heavy atom. The van der Waals surface area contributed by atoms with E-state index in [0.717, 1.165) is 38.0 Å². The topological polar surface area (TPSA) is 40.6 Å². The Labute approximate surface area is 138 Å². The summed E-state index contributed by atoms with van der Waals surface area (Å²) in [6.07, 6.45) is 5.86. The Kier molecular flexibility index (Phi) is 4.99. The highest BCUT2D eigenvalue weighted by Crippen LogP contribution is 2.29. The lowest BCUT2D eigenvalue weighted by Gasteiger charge is -2.24. The molecule has 2 saturated heterocycles. The maximum atomic E-state index is 12.8. The minimum absolute atomic E-state index is 0.0825. The summed E-state index contributed by atoms with van der Waals surface area (Å²) in [5.74, 6) is 0.0845. The van der Waals surface area contributed by atoms with Crippen LogP contribution in [0.4, 0.5) is 5.69 Å². The molecule has 0 N–H and O–H groups in total. The van der Waals surface area contributed by atoms with Gasteiger partial charge < -0.3 is 9.80 Å². The zero-order valence-electron chi connectivity index (χ0n) is 14.0. The molecule has 4 heteroatoms. The Bertz CT molecular complexity index is 576. The molecule has 0 radical (unpaired) electrons. The molecule has 23 heavy (non-hydrogen) atoms. The average Bonchev–Trinajstić information content (AvgIpc) is 2.78. The largest absolute Gasteiger partial charge is 0.342 e. The molecular weight excluding hydrogens is 288 g/mol. The van der Waals surface area contributed by atoms with Crippen LogP contribution in [0.5, 0.6) is 0 Å². The molecule has 2 aliphatic rings. The number of nitrogens with zero attached hydrogens (tertiary/aromatic N) is 2. The number of para-hydroxylation sites is 1. The zero-order valence-corrected chi connectivity index (χ0v) is 14.0. The van der Waals surface area contributed by atoms with Gasteiger partial charge in [-0.1, -0.05) is 38.0 Å². The average molecular weight is 314 g/mol. The number of hydrogen-bond donors (Lipinski definition) is 0. The zero-order chi connectivity index (χ0) is 16.2. The Morgan fingerprint density at radius 2 is 1.83 bits per heavy atom. The van der Waals surface area contributed by atoms with E-state index in [9.17, 15) is 9.59 Å². The molecule has 0 saturated carbocycles. The molecule has 1 aromatic rings. The van der Waals surface area contributed by atoms with E-state index < -0.39 is 0 Å². The van der Waals surface area contributed by atoms with Crippen molar-refractivity contribution < 1.29 is 9.59 Å². The Balaban J connectivity index is 1.73. The molecule has 1 atom stereocenters. The van der Waals surface area contributed by atoms with Crippen LogP contribution in [0.2, 0.25) is 0 Å². The first-order valence-electron chi connectivity index (χ1n) is 8.87. The number of carbonyl (C=O) groups is 2. The Morgan fingerprint density at radius 3 is 2.52 bits per heavy atom. The number of hydrogen-bond acceptors (Lipinski definition) is 2. The molecule has 2 heterocycles. The van der Waals surface area contributed by atoms with Gasteiger partial charge in [0.05, 0.1) is 5.92 Å². The van der Waals surface area contributed by atoms with E-state index in [1.54, 1.807) is 0 Å². The van der Waals surface area contributed by atoms with Crippen molar-refractivity contribution in [2.24, 2.45) is 5.92 Å². The van der Waals surface area contributed by atoms with E-state index in [4.69, 9.17) is 0 Å². The standard InChI is InChI=1S/C19H26N2O2/c1-2-15-9-5-6-10-17(15)21-14-16(13-18(21)22)19(23)20-11-7-3-4-8-12-20/h5-6,9-10,16H,2-4,7-8,11-14H2,1H3. The van der Waals surface area contributed by atoms with E-state index in [0.29, 0.717) is 13.0 Å². The number of carbonyl (C=O) groups excluding carboxylic acids is 2. The van der Waals surface area contributed by atoms with Crippen LogP contribution < -0.4 is 4.90 Å². The molecule has 2 aliphatic heterocycles. The lowest BCUT2D eigenvalue weighted by molar-refractivity contribution is -0.135. The van der Waals surface area contributed by atoms with Crippen molar-refractivity contribution in [2.45, 2.75) is 45.4 Å².